The van der Waals surface area contributed by atoms with Crippen molar-refractivity contribution in [1.82, 2.24) is 14.7 Å². The van der Waals surface area contributed by atoms with Crippen molar-refractivity contribution in [2.24, 2.45) is 5.92 Å². The molecule has 0 aliphatic carbocycles. The largest absolute Gasteiger partial charge is 0.497 e. The van der Waals surface area contributed by atoms with Gasteiger partial charge < -0.3 is 39.8 Å². The number of nitrogens with one attached hydrogen (secondary N) is 2. The lowest BCUT2D eigenvalue weighted by Gasteiger charge is -2.38. The first kappa shape index (κ1) is 32.1. The Balaban J connectivity index is 1.48. The van der Waals surface area contributed by atoms with Crippen LogP contribution in [0.1, 0.15) is 30.6 Å². The first-order chi connectivity index (χ1) is 20.7. The molecule has 2 aromatic rings. The topological polar surface area (TPSA) is 133 Å². The fraction of sp³-hybridized carbons (Fsp3) is 0.516. The summed E-state index contributed by atoms with van der Waals surface area (Å²) in [7, 11) is 3.26. The number of carbonyl (C=O) groups is 3. The number of ether oxygens (including phenoxy) is 3. The van der Waals surface area contributed by atoms with Crippen molar-refractivity contribution in [3.05, 3.63) is 48.0 Å². The molecule has 3 atom stereocenters. The third-order valence-corrected chi connectivity index (χ3v) is 7.85. The molecule has 0 aromatic heterocycles. The SMILES string of the molecule is COc1ccc(NC(=O)N(C)C[C@@H]2Oc3ccc(NC(=O)CCN4CCOCC4)cc3C(=O)N([C@@H](C)CO)C[C@@H]2C)cc1. The predicted molar refractivity (Wildman–Crippen MR) is 163 cm³/mol. The highest BCUT2D eigenvalue weighted by molar-refractivity contribution is 6.00. The van der Waals surface area contributed by atoms with E-state index < -0.39 is 12.1 Å². The van der Waals surface area contributed by atoms with Crippen LogP contribution in [0.25, 0.3) is 0 Å². The van der Waals surface area contributed by atoms with E-state index >= 15 is 0 Å². The minimum atomic E-state index is -0.458. The van der Waals surface area contributed by atoms with Crippen molar-refractivity contribution < 1.29 is 33.7 Å². The van der Waals surface area contributed by atoms with Crippen LogP contribution in [-0.2, 0) is 9.53 Å². The van der Waals surface area contributed by atoms with Gasteiger partial charge in [0, 0.05) is 56.9 Å². The Bertz CT molecular complexity index is 1250. The first-order valence-electron chi connectivity index (χ1n) is 14.7. The second-order valence-corrected chi connectivity index (χ2v) is 11.1. The summed E-state index contributed by atoms with van der Waals surface area (Å²) < 4.78 is 16.9. The molecule has 2 aromatic carbocycles. The molecular formula is C31H43N5O7. The molecule has 12 nitrogen and oxygen atoms in total. The minimum absolute atomic E-state index is 0.151. The first-order valence-corrected chi connectivity index (χ1v) is 14.7. The number of hydrogen-bond donors (Lipinski definition) is 3. The van der Waals surface area contributed by atoms with E-state index in [0.29, 0.717) is 55.6 Å². The van der Waals surface area contributed by atoms with Crippen LogP contribution in [-0.4, -0.2) is 116 Å². The van der Waals surface area contributed by atoms with Gasteiger partial charge in [0.25, 0.3) is 5.91 Å². The van der Waals surface area contributed by atoms with Crippen LogP contribution < -0.4 is 20.1 Å². The Morgan fingerprint density at radius 1 is 1.12 bits per heavy atom. The summed E-state index contributed by atoms with van der Waals surface area (Å²) >= 11 is 0. The fourth-order valence-corrected chi connectivity index (χ4v) is 5.07. The second kappa shape index (κ2) is 15.0. The molecule has 4 amide bonds. The zero-order valence-corrected chi connectivity index (χ0v) is 25.4. The average Bonchev–Trinajstić information content (AvgIpc) is 3.02. The van der Waals surface area contributed by atoms with Gasteiger partial charge in [-0.2, -0.15) is 0 Å². The number of likely N-dealkylation sites (N-methyl/N-ethyl adjacent to an activating group) is 1. The molecule has 0 bridgehead atoms. The molecule has 2 aliphatic rings. The lowest BCUT2D eigenvalue weighted by atomic mass is 9.99. The maximum Gasteiger partial charge on any atom is 0.321 e. The third-order valence-electron chi connectivity index (χ3n) is 7.85. The summed E-state index contributed by atoms with van der Waals surface area (Å²) in [6.07, 6.45) is -0.138. The smallest absolute Gasteiger partial charge is 0.321 e. The number of amides is 4. The molecule has 2 heterocycles. The normalized spacial score (nSPS) is 19.7. The Kier molecular flexibility index (Phi) is 11.2. The number of aliphatic hydroxyl groups is 1. The number of benzene rings is 2. The second-order valence-electron chi connectivity index (χ2n) is 11.1. The number of nitrogens with zero attached hydrogens (tertiary/aromatic N) is 3. The van der Waals surface area contributed by atoms with Gasteiger partial charge in [0.05, 0.1) is 45.1 Å². The predicted octanol–water partition coefficient (Wildman–Crippen LogP) is 2.74. The van der Waals surface area contributed by atoms with Gasteiger partial charge in [-0.25, -0.2) is 4.79 Å². The molecule has 43 heavy (non-hydrogen) atoms. The molecule has 0 spiro atoms. The van der Waals surface area contributed by atoms with Crippen LogP contribution in [0.4, 0.5) is 16.2 Å². The summed E-state index contributed by atoms with van der Waals surface area (Å²) in [4.78, 5) is 44.8. The molecule has 1 fully saturated rings. The number of methoxy groups -OCH3 is 1. The molecular weight excluding hydrogens is 554 g/mol. The Morgan fingerprint density at radius 2 is 1.81 bits per heavy atom. The summed E-state index contributed by atoms with van der Waals surface area (Å²) in [6, 6.07) is 11.3. The average molecular weight is 598 g/mol. The molecule has 1 saturated heterocycles. The van der Waals surface area contributed by atoms with Crippen LogP contribution >= 0.6 is 0 Å². The van der Waals surface area contributed by atoms with Gasteiger partial charge in [-0.3, -0.25) is 14.5 Å². The lowest BCUT2D eigenvalue weighted by molar-refractivity contribution is -0.116. The van der Waals surface area contributed by atoms with Crippen molar-refractivity contribution in [2.45, 2.75) is 32.4 Å². The van der Waals surface area contributed by atoms with Crippen LogP contribution in [0.2, 0.25) is 0 Å². The van der Waals surface area contributed by atoms with E-state index in [1.807, 2.05) is 6.92 Å². The fourth-order valence-electron chi connectivity index (χ4n) is 5.07. The van der Waals surface area contributed by atoms with Crippen LogP contribution in [0, 0.1) is 5.92 Å². The third kappa shape index (κ3) is 8.59. The summed E-state index contributed by atoms with van der Waals surface area (Å²) in [5.74, 6) is 0.432. The number of anilines is 2. The molecule has 4 rings (SSSR count). The number of carbonyl (C=O) groups excluding carboxylic acids is 3. The molecule has 0 saturated carbocycles. The monoisotopic (exact) mass is 597 g/mol. The van der Waals surface area contributed by atoms with Crippen LogP contribution in [0.15, 0.2) is 42.5 Å². The highest BCUT2D eigenvalue weighted by atomic mass is 16.5. The minimum Gasteiger partial charge on any atom is -0.497 e. The maximum atomic E-state index is 13.7. The van der Waals surface area contributed by atoms with Crippen molar-refractivity contribution in [3.63, 3.8) is 0 Å². The van der Waals surface area contributed by atoms with Gasteiger partial charge in [0.2, 0.25) is 5.91 Å². The van der Waals surface area contributed by atoms with E-state index in [9.17, 15) is 19.5 Å². The van der Waals surface area contributed by atoms with E-state index in [4.69, 9.17) is 14.2 Å². The van der Waals surface area contributed by atoms with Gasteiger partial charge in [0.1, 0.15) is 17.6 Å². The molecule has 3 N–H and O–H groups in total. The van der Waals surface area contributed by atoms with Crippen molar-refractivity contribution in [3.8, 4) is 11.5 Å². The standard InChI is InChI=1S/C31H43N5O7/c1-21-18-36(22(2)20-37)30(39)26-17-24(32-29(38)11-12-35-13-15-42-16-14-35)7-10-27(26)43-28(21)19-34(3)31(40)33-23-5-8-25(41-4)9-6-23/h5-10,17,21-22,28,37H,11-16,18-20H2,1-4H3,(H,32,38)(H,33,40)/t21-,22-,28-/m0/s1. The summed E-state index contributed by atoms with van der Waals surface area (Å²) in [5.41, 5.74) is 1.40. The van der Waals surface area contributed by atoms with E-state index in [-0.39, 0.29) is 42.5 Å². The number of aliphatic hydroxyl groups excluding tert-OH is 1. The molecule has 12 heteroatoms. The Morgan fingerprint density at radius 3 is 2.49 bits per heavy atom. The Labute approximate surface area is 252 Å². The van der Waals surface area contributed by atoms with Gasteiger partial charge in [-0.15, -0.1) is 0 Å². The van der Waals surface area contributed by atoms with Crippen molar-refractivity contribution in [2.75, 3.05) is 77.3 Å². The van der Waals surface area contributed by atoms with Gasteiger partial charge in [0.15, 0.2) is 0 Å². The number of fused-ring (bicyclic) bond motifs is 1. The molecule has 0 unspecified atom stereocenters. The number of rotatable bonds is 10. The highest BCUT2D eigenvalue weighted by Crippen LogP contribution is 2.31. The lowest BCUT2D eigenvalue weighted by Crippen LogP contribution is -2.50. The zero-order valence-electron chi connectivity index (χ0n) is 25.4. The summed E-state index contributed by atoms with van der Waals surface area (Å²) in [6.45, 7) is 7.66. The number of urea groups is 1. The molecule has 0 radical (unpaired) electrons. The quantitative estimate of drug-likeness (QED) is 0.381. The van der Waals surface area contributed by atoms with Crippen molar-refractivity contribution in [1.29, 1.82) is 0 Å². The number of hydrogen-bond acceptors (Lipinski definition) is 8. The number of morpholine rings is 1. The molecule has 234 valence electrons. The summed E-state index contributed by atoms with van der Waals surface area (Å²) in [5, 5.41) is 15.7. The highest BCUT2D eigenvalue weighted by Gasteiger charge is 2.34. The Hall–Kier alpha value is -3.87. The van der Waals surface area contributed by atoms with Crippen LogP contribution in [0.3, 0.4) is 0 Å². The van der Waals surface area contributed by atoms with Gasteiger partial charge >= 0.3 is 6.03 Å². The van der Waals surface area contributed by atoms with Crippen molar-refractivity contribution >= 4 is 29.2 Å². The van der Waals surface area contributed by atoms with Gasteiger partial charge in [-0.1, -0.05) is 6.92 Å². The van der Waals surface area contributed by atoms with Crippen LogP contribution in [0.5, 0.6) is 11.5 Å². The zero-order chi connectivity index (χ0) is 30.9. The van der Waals surface area contributed by atoms with Gasteiger partial charge in [-0.05, 0) is 49.4 Å². The van der Waals surface area contributed by atoms with E-state index in [1.54, 1.807) is 68.4 Å². The molecule has 2 aliphatic heterocycles. The van der Waals surface area contributed by atoms with E-state index in [1.165, 1.54) is 4.90 Å². The maximum absolute atomic E-state index is 13.7. The van der Waals surface area contributed by atoms with E-state index in [2.05, 4.69) is 15.5 Å². The van der Waals surface area contributed by atoms with E-state index in [0.717, 1.165) is 13.1 Å².